The Labute approximate surface area is 106 Å². The van der Waals surface area contributed by atoms with Crippen LogP contribution in [0, 0.1) is 6.92 Å². The van der Waals surface area contributed by atoms with Crippen LogP contribution in [0.2, 0.25) is 0 Å². The lowest BCUT2D eigenvalue weighted by atomic mass is 9.79. The van der Waals surface area contributed by atoms with Crippen molar-refractivity contribution >= 4 is 28.6 Å². The van der Waals surface area contributed by atoms with E-state index in [2.05, 4.69) is 12.3 Å². The molecule has 16 heavy (non-hydrogen) atoms. The summed E-state index contributed by atoms with van der Waals surface area (Å²) in [6.45, 7) is 1.99. The molecule has 1 aliphatic carbocycles. The number of hydrogen-bond donors (Lipinski definition) is 0. The lowest BCUT2D eigenvalue weighted by Crippen LogP contribution is -2.11. The Morgan fingerprint density at radius 1 is 1.44 bits per heavy atom. The van der Waals surface area contributed by atoms with Crippen molar-refractivity contribution in [1.29, 1.82) is 0 Å². The first-order valence-corrected chi connectivity index (χ1v) is 7.12. The maximum absolute atomic E-state index is 11.3. The van der Waals surface area contributed by atoms with E-state index in [9.17, 15) is 4.79 Å². The molecule has 0 aromatic heterocycles. The fraction of sp³-hybridized carbons (Fsp3) is 0.462. The van der Waals surface area contributed by atoms with Gasteiger partial charge in [0.05, 0.1) is 0 Å². The van der Waals surface area contributed by atoms with Crippen molar-refractivity contribution in [1.82, 2.24) is 0 Å². The van der Waals surface area contributed by atoms with Gasteiger partial charge in [0.2, 0.25) is 0 Å². The maximum atomic E-state index is 11.3. The minimum atomic E-state index is -0.354. The van der Waals surface area contributed by atoms with Gasteiger partial charge in [-0.1, -0.05) is 12.5 Å². The molecule has 1 nitrogen and oxygen atoms in total. The van der Waals surface area contributed by atoms with Gasteiger partial charge in [0.1, 0.15) is 0 Å². The first-order chi connectivity index (χ1) is 7.65. The molecule has 86 valence electrons. The maximum Gasteiger partial charge on any atom is 0.252 e. The Morgan fingerprint density at radius 3 is 2.56 bits per heavy atom. The van der Waals surface area contributed by atoms with Gasteiger partial charge < -0.3 is 0 Å². The summed E-state index contributed by atoms with van der Waals surface area (Å²) >= 11 is 7.29. The highest BCUT2D eigenvalue weighted by Crippen LogP contribution is 2.42. The molecule has 1 aromatic rings. The van der Waals surface area contributed by atoms with Crippen molar-refractivity contribution in [2.75, 3.05) is 6.26 Å². The van der Waals surface area contributed by atoms with Crippen LogP contribution in [0.1, 0.15) is 46.7 Å². The topological polar surface area (TPSA) is 17.1 Å². The summed E-state index contributed by atoms with van der Waals surface area (Å²) in [7, 11) is 0. The van der Waals surface area contributed by atoms with Crippen molar-refractivity contribution in [3.63, 3.8) is 0 Å². The van der Waals surface area contributed by atoms with Crippen molar-refractivity contribution in [2.45, 2.75) is 37.0 Å². The summed E-state index contributed by atoms with van der Waals surface area (Å²) in [6, 6.07) is 3.95. The van der Waals surface area contributed by atoms with E-state index in [4.69, 9.17) is 11.6 Å². The number of halogens is 1. The van der Waals surface area contributed by atoms with Crippen LogP contribution < -0.4 is 0 Å². The number of benzene rings is 1. The third-order valence-electron chi connectivity index (χ3n) is 3.40. The predicted molar refractivity (Wildman–Crippen MR) is 69.7 cm³/mol. The average Bonchev–Trinajstić information content (AvgIpc) is 2.15. The van der Waals surface area contributed by atoms with Gasteiger partial charge in [-0.3, -0.25) is 4.79 Å². The van der Waals surface area contributed by atoms with E-state index < -0.39 is 0 Å². The summed E-state index contributed by atoms with van der Waals surface area (Å²) in [4.78, 5) is 12.5. The fourth-order valence-electron chi connectivity index (χ4n) is 2.24. The fourth-order valence-corrected chi connectivity index (χ4v) is 3.33. The minimum Gasteiger partial charge on any atom is -0.276 e. The molecule has 1 aliphatic rings. The lowest BCUT2D eigenvalue weighted by Gasteiger charge is -2.28. The Balaban J connectivity index is 2.47. The summed E-state index contributed by atoms with van der Waals surface area (Å²) in [5.41, 5.74) is 3.09. The van der Waals surface area contributed by atoms with Crippen LogP contribution in [0.25, 0.3) is 0 Å². The summed E-state index contributed by atoms with van der Waals surface area (Å²) in [6.07, 6.45) is 5.95. The van der Waals surface area contributed by atoms with Crippen LogP contribution in [0.15, 0.2) is 17.0 Å². The summed E-state index contributed by atoms with van der Waals surface area (Å²) < 4.78 is 0. The van der Waals surface area contributed by atoms with Crippen LogP contribution in [-0.2, 0) is 0 Å². The normalized spacial score (nSPS) is 15.9. The molecule has 0 heterocycles. The molecule has 0 aliphatic heterocycles. The molecular weight excluding hydrogens is 240 g/mol. The van der Waals surface area contributed by atoms with E-state index in [0.29, 0.717) is 11.5 Å². The highest BCUT2D eigenvalue weighted by Gasteiger charge is 2.24. The van der Waals surface area contributed by atoms with E-state index in [1.54, 1.807) is 11.8 Å². The first kappa shape index (κ1) is 12.0. The second-order valence-corrected chi connectivity index (χ2v) is 5.42. The molecule has 0 amide bonds. The number of thioether (sulfide) groups is 1. The molecule has 1 fully saturated rings. The third kappa shape index (κ3) is 2.01. The van der Waals surface area contributed by atoms with Crippen LogP contribution in [-0.4, -0.2) is 11.5 Å². The van der Waals surface area contributed by atoms with Gasteiger partial charge >= 0.3 is 0 Å². The number of rotatable bonds is 3. The first-order valence-electron chi connectivity index (χ1n) is 5.52. The molecule has 1 aromatic carbocycles. The van der Waals surface area contributed by atoms with Gasteiger partial charge in [-0.25, -0.2) is 0 Å². The van der Waals surface area contributed by atoms with Gasteiger partial charge in [-0.2, -0.15) is 0 Å². The molecule has 0 radical (unpaired) electrons. The molecular formula is C13H15ClOS. The van der Waals surface area contributed by atoms with Crippen molar-refractivity contribution in [3.05, 3.63) is 28.8 Å². The second kappa shape index (κ2) is 4.80. The van der Waals surface area contributed by atoms with Crippen LogP contribution >= 0.6 is 23.4 Å². The molecule has 2 rings (SSSR count). The van der Waals surface area contributed by atoms with Crippen molar-refractivity contribution in [3.8, 4) is 0 Å². The molecule has 0 N–H and O–H groups in total. The molecule has 0 atom stereocenters. The molecule has 1 saturated carbocycles. The van der Waals surface area contributed by atoms with Gasteiger partial charge in [-0.05, 0) is 60.7 Å². The van der Waals surface area contributed by atoms with Gasteiger partial charge in [-0.15, -0.1) is 11.8 Å². The third-order valence-corrected chi connectivity index (χ3v) is 4.55. The van der Waals surface area contributed by atoms with E-state index >= 15 is 0 Å². The zero-order valence-electron chi connectivity index (χ0n) is 9.55. The Kier molecular flexibility index (Phi) is 3.60. The van der Waals surface area contributed by atoms with E-state index in [-0.39, 0.29) is 5.24 Å². The highest BCUT2D eigenvalue weighted by molar-refractivity contribution is 7.98. The number of carbonyl (C=O) groups is 1. The van der Waals surface area contributed by atoms with E-state index in [1.807, 2.05) is 13.0 Å². The monoisotopic (exact) mass is 254 g/mol. The zero-order chi connectivity index (χ0) is 11.7. The average molecular weight is 255 g/mol. The van der Waals surface area contributed by atoms with Gasteiger partial charge in [0.25, 0.3) is 5.24 Å². The van der Waals surface area contributed by atoms with E-state index in [0.717, 1.165) is 5.56 Å². The van der Waals surface area contributed by atoms with Crippen LogP contribution in [0.5, 0.6) is 0 Å². The Morgan fingerprint density at radius 2 is 2.12 bits per heavy atom. The molecule has 0 unspecified atom stereocenters. The van der Waals surface area contributed by atoms with Crippen LogP contribution in [0.4, 0.5) is 0 Å². The summed E-state index contributed by atoms with van der Waals surface area (Å²) in [5.74, 6) is 0.695. The largest absolute Gasteiger partial charge is 0.276 e. The van der Waals surface area contributed by atoms with Crippen molar-refractivity contribution in [2.24, 2.45) is 0 Å². The van der Waals surface area contributed by atoms with E-state index in [1.165, 1.54) is 29.7 Å². The summed E-state index contributed by atoms with van der Waals surface area (Å²) in [5, 5.41) is -0.354. The SMILES string of the molecule is CSc1c(C2CCC2)ccc(C(=O)Cl)c1C. The minimum absolute atomic E-state index is 0.354. The lowest BCUT2D eigenvalue weighted by molar-refractivity contribution is 0.108. The molecule has 0 bridgehead atoms. The zero-order valence-corrected chi connectivity index (χ0v) is 11.1. The smallest absolute Gasteiger partial charge is 0.252 e. The van der Waals surface area contributed by atoms with Gasteiger partial charge in [0, 0.05) is 10.5 Å². The highest BCUT2D eigenvalue weighted by atomic mass is 35.5. The Bertz CT molecular complexity index is 424. The van der Waals surface area contributed by atoms with Crippen molar-refractivity contribution < 1.29 is 4.79 Å². The number of carbonyl (C=O) groups excluding carboxylic acids is 1. The molecule has 3 heteroatoms. The number of hydrogen-bond acceptors (Lipinski definition) is 2. The standard InChI is InChI=1S/C13H15ClOS/c1-8-10(13(14)15)6-7-11(12(8)16-2)9-4-3-5-9/h6-7,9H,3-5H2,1-2H3. The Hall–Kier alpha value is -0.470. The molecule has 0 spiro atoms. The predicted octanol–water partition coefficient (Wildman–Crippen LogP) is 4.36. The quantitative estimate of drug-likeness (QED) is 0.589. The molecule has 0 saturated heterocycles. The van der Waals surface area contributed by atoms with Gasteiger partial charge in [0.15, 0.2) is 0 Å². The second-order valence-electron chi connectivity index (χ2n) is 4.26. The van der Waals surface area contributed by atoms with Crippen LogP contribution in [0.3, 0.4) is 0 Å².